The highest BCUT2D eigenvalue weighted by atomic mass is 16.2. The van der Waals surface area contributed by atoms with Crippen molar-refractivity contribution in [2.45, 2.75) is 63.8 Å². The summed E-state index contributed by atoms with van der Waals surface area (Å²) in [4.78, 5) is 34.5. The predicted molar refractivity (Wildman–Crippen MR) is 104 cm³/mol. The number of piperidine rings is 2. The molecule has 1 aliphatic carbocycles. The molecule has 0 unspecified atom stereocenters. The third-order valence-corrected chi connectivity index (χ3v) is 6.68. The Balaban J connectivity index is 1.37. The Hall–Kier alpha value is -1.91. The Morgan fingerprint density at radius 1 is 0.815 bits per heavy atom. The molecule has 1 aromatic heterocycles. The lowest BCUT2D eigenvalue weighted by atomic mass is 9.91. The summed E-state index contributed by atoms with van der Waals surface area (Å²) in [5.41, 5.74) is 1.01. The van der Waals surface area contributed by atoms with E-state index in [1.165, 1.54) is 12.8 Å². The molecule has 1 atom stereocenters. The number of nitrogens with zero attached hydrogens (tertiary/aromatic N) is 3. The number of carbonyl (C=O) groups is 2. The highest BCUT2D eigenvalue weighted by Gasteiger charge is 2.36. The van der Waals surface area contributed by atoms with Gasteiger partial charge >= 0.3 is 0 Å². The monoisotopic (exact) mass is 369 g/mol. The van der Waals surface area contributed by atoms with Crippen molar-refractivity contribution in [2.75, 3.05) is 19.6 Å². The number of pyridine rings is 1. The van der Waals surface area contributed by atoms with Crippen molar-refractivity contribution in [1.82, 2.24) is 14.8 Å². The third-order valence-electron chi connectivity index (χ3n) is 6.68. The van der Waals surface area contributed by atoms with Gasteiger partial charge in [-0.1, -0.05) is 18.9 Å². The van der Waals surface area contributed by atoms with E-state index in [-0.39, 0.29) is 23.8 Å². The molecule has 1 saturated carbocycles. The fraction of sp³-hybridized carbons (Fsp3) is 0.682. The molecule has 3 fully saturated rings. The first-order chi connectivity index (χ1) is 13.2. The van der Waals surface area contributed by atoms with E-state index in [0.717, 1.165) is 70.3 Å². The summed E-state index contributed by atoms with van der Waals surface area (Å²) in [6.45, 7) is 2.32. The van der Waals surface area contributed by atoms with Crippen LogP contribution in [0, 0.1) is 11.8 Å². The number of carbonyl (C=O) groups excluding carboxylic acids is 2. The van der Waals surface area contributed by atoms with Crippen LogP contribution in [-0.2, 0) is 9.59 Å². The quantitative estimate of drug-likeness (QED) is 0.818. The Morgan fingerprint density at radius 2 is 1.52 bits per heavy atom. The number of likely N-dealkylation sites (tertiary alicyclic amines) is 2. The van der Waals surface area contributed by atoms with Crippen LogP contribution in [0.4, 0.5) is 0 Å². The summed E-state index contributed by atoms with van der Waals surface area (Å²) < 4.78 is 0. The number of aromatic nitrogens is 1. The van der Waals surface area contributed by atoms with E-state index in [1.54, 1.807) is 0 Å². The molecule has 4 rings (SSSR count). The van der Waals surface area contributed by atoms with Crippen molar-refractivity contribution >= 4 is 11.8 Å². The predicted octanol–water partition coefficient (Wildman–Crippen LogP) is 3.56. The molecule has 3 aliphatic rings. The molecule has 27 heavy (non-hydrogen) atoms. The van der Waals surface area contributed by atoms with Crippen molar-refractivity contribution < 1.29 is 9.59 Å². The first-order valence-electron chi connectivity index (χ1n) is 10.7. The molecule has 2 saturated heterocycles. The van der Waals surface area contributed by atoms with E-state index in [1.807, 2.05) is 29.3 Å². The lowest BCUT2D eigenvalue weighted by Crippen LogP contribution is -2.47. The first kappa shape index (κ1) is 18.5. The summed E-state index contributed by atoms with van der Waals surface area (Å²) in [7, 11) is 0. The van der Waals surface area contributed by atoms with Gasteiger partial charge in [0.05, 0.1) is 11.7 Å². The van der Waals surface area contributed by atoms with Crippen LogP contribution in [0.15, 0.2) is 24.4 Å². The smallest absolute Gasteiger partial charge is 0.226 e. The van der Waals surface area contributed by atoms with Crippen molar-refractivity contribution in [2.24, 2.45) is 11.8 Å². The van der Waals surface area contributed by atoms with Gasteiger partial charge in [0, 0.05) is 37.7 Å². The molecule has 0 spiro atoms. The highest BCUT2D eigenvalue weighted by molar-refractivity contribution is 5.81. The van der Waals surface area contributed by atoms with Crippen LogP contribution in [0.25, 0.3) is 0 Å². The van der Waals surface area contributed by atoms with Crippen molar-refractivity contribution in [3.63, 3.8) is 0 Å². The molecule has 0 N–H and O–H groups in total. The molecule has 3 heterocycles. The van der Waals surface area contributed by atoms with Gasteiger partial charge < -0.3 is 9.80 Å². The maximum absolute atomic E-state index is 13.3. The standard InChI is InChI=1S/C22H31N3O2/c26-21(17-7-1-2-8-17)24-15-11-18(12-16-24)22(27)25-14-6-4-10-20(25)19-9-3-5-13-23-19/h3,5,9,13,17-18,20H,1-2,4,6-8,10-12,14-16H2/t20-/m1/s1. The lowest BCUT2D eigenvalue weighted by molar-refractivity contribution is -0.145. The summed E-state index contributed by atoms with van der Waals surface area (Å²) in [6, 6.07) is 6.09. The van der Waals surface area contributed by atoms with E-state index in [2.05, 4.69) is 9.88 Å². The largest absolute Gasteiger partial charge is 0.342 e. The molecule has 5 heteroatoms. The Morgan fingerprint density at radius 3 is 2.22 bits per heavy atom. The number of rotatable bonds is 3. The van der Waals surface area contributed by atoms with Crippen LogP contribution >= 0.6 is 0 Å². The zero-order chi connectivity index (χ0) is 18.6. The molecule has 2 amide bonds. The molecule has 0 radical (unpaired) electrons. The van der Waals surface area contributed by atoms with Gasteiger partial charge in [-0.2, -0.15) is 0 Å². The molecule has 146 valence electrons. The second-order valence-electron chi connectivity index (χ2n) is 8.38. The molecule has 1 aromatic rings. The normalized spacial score (nSPS) is 25.0. The van der Waals surface area contributed by atoms with E-state index < -0.39 is 0 Å². The minimum absolute atomic E-state index is 0.0574. The second-order valence-corrected chi connectivity index (χ2v) is 8.38. The van der Waals surface area contributed by atoms with Crippen LogP contribution in [-0.4, -0.2) is 46.2 Å². The van der Waals surface area contributed by atoms with Gasteiger partial charge in [-0.05, 0) is 57.1 Å². The zero-order valence-electron chi connectivity index (χ0n) is 16.2. The van der Waals surface area contributed by atoms with Crippen molar-refractivity contribution in [3.05, 3.63) is 30.1 Å². The number of hydrogen-bond acceptors (Lipinski definition) is 3. The van der Waals surface area contributed by atoms with E-state index in [9.17, 15) is 9.59 Å². The fourth-order valence-electron chi connectivity index (χ4n) is 5.09. The van der Waals surface area contributed by atoms with Gasteiger partial charge in [0.1, 0.15) is 0 Å². The summed E-state index contributed by atoms with van der Waals surface area (Å²) in [5, 5.41) is 0. The second kappa shape index (κ2) is 8.41. The van der Waals surface area contributed by atoms with E-state index in [4.69, 9.17) is 0 Å². The Kier molecular flexibility index (Phi) is 5.74. The van der Waals surface area contributed by atoms with Crippen molar-refractivity contribution in [3.8, 4) is 0 Å². The van der Waals surface area contributed by atoms with Gasteiger partial charge in [0.25, 0.3) is 0 Å². The van der Waals surface area contributed by atoms with Gasteiger partial charge in [0.15, 0.2) is 0 Å². The van der Waals surface area contributed by atoms with Gasteiger partial charge in [-0.3, -0.25) is 14.6 Å². The van der Waals surface area contributed by atoms with Crippen molar-refractivity contribution in [1.29, 1.82) is 0 Å². The average molecular weight is 370 g/mol. The lowest BCUT2D eigenvalue weighted by Gasteiger charge is -2.40. The van der Waals surface area contributed by atoms with Gasteiger partial charge in [-0.15, -0.1) is 0 Å². The highest BCUT2D eigenvalue weighted by Crippen LogP contribution is 2.33. The maximum atomic E-state index is 13.3. The average Bonchev–Trinajstić information content (AvgIpc) is 3.28. The van der Waals surface area contributed by atoms with Gasteiger partial charge in [0.2, 0.25) is 11.8 Å². The summed E-state index contributed by atoms with van der Waals surface area (Å²) >= 11 is 0. The van der Waals surface area contributed by atoms with Gasteiger partial charge in [-0.25, -0.2) is 0 Å². The van der Waals surface area contributed by atoms with Crippen LogP contribution in [0.2, 0.25) is 0 Å². The topological polar surface area (TPSA) is 53.5 Å². The van der Waals surface area contributed by atoms with Crippen LogP contribution < -0.4 is 0 Å². The fourth-order valence-corrected chi connectivity index (χ4v) is 5.09. The minimum Gasteiger partial charge on any atom is -0.342 e. The molecular weight excluding hydrogens is 338 g/mol. The molecular formula is C22H31N3O2. The number of amides is 2. The van der Waals surface area contributed by atoms with E-state index in [0.29, 0.717) is 5.91 Å². The SMILES string of the molecule is O=C(C1CCCC1)N1CCC(C(=O)N2CCCC[C@@H]2c2ccccn2)CC1. The maximum Gasteiger partial charge on any atom is 0.226 e. The molecule has 0 aromatic carbocycles. The molecule has 5 nitrogen and oxygen atoms in total. The minimum atomic E-state index is 0.0574. The Bertz CT molecular complexity index is 649. The summed E-state index contributed by atoms with van der Waals surface area (Å²) in [5.74, 6) is 0.913. The summed E-state index contributed by atoms with van der Waals surface area (Å²) in [6.07, 6.45) is 11.2. The Labute approximate surface area is 162 Å². The molecule has 2 aliphatic heterocycles. The third kappa shape index (κ3) is 4.02. The first-order valence-corrected chi connectivity index (χ1v) is 10.7. The van der Waals surface area contributed by atoms with Crippen LogP contribution in [0.3, 0.4) is 0 Å². The van der Waals surface area contributed by atoms with E-state index >= 15 is 0 Å². The zero-order valence-corrected chi connectivity index (χ0v) is 16.2. The molecule has 0 bridgehead atoms. The van der Waals surface area contributed by atoms with Crippen LogP contribution in [0.5, 0.6) is 0 Å². The number of hydrogen-bond donors (Lipinski definition) is 0. The van der Waals surface area contributed by atoms with Crippen LogP contribution in [0.1, 0.15) is 69.5 Å².